The molecule has 1 rings (SSSR count). The third-order valence-electron chi connectivity index (χ3n) is 3.51. The normalized spacial score (nSPS) is 19.8. The van der Waals surface area contributed by atoms with Crippen molar-refractivity contribution >= 4 is 35.9 Å². The van der Waals surface area contributed by atoms with Gasteiger partial charge in [0.25, 0.3) is 0 Å². The number of hydrogen-bond donors (Lipinski definition) is 5. The van der Waals surface area contributed by atoms with Crippen LogP contribution in [0.5, 0.6) is 0 Å². The Labute approximate surface area is 143 Å². The summed E-state index contributed by atoms with van der Waals surface area (Å²) in [4.78, 5) is 44.9. The van der Waals surface area contributed by atoms with Gasteiger partial charge in [-0.05, 0) is 18.9 Å². The lowest BCUT2D eigenvalue weighted by molar-refractivity contribution is -0.409. The molecule has 3 atom stereocenters. The Bertz CT molecular complexity index is 551. The molecule has 7 N–H and O–H groups in total. The van der Waals surface area contributed by atoms with E-state index < -0.39 is 35.3 Å². The zero-order valence-corrected chi connectivity index (χ0v) is 14.1. The van der Waals surface area contributed by atoms with Crippen LogP contribution in [0.1, 0.15) is 26.2 Å². The summed E-state index contributed by atoms with van der Waals surface area (Å²) in [7, 11) is 0. The summed E-state index contributed by atoms with van der Waals surface area (Å²) < 4.78 is 0. The van der Waals surface area contributed by atoms with E-state index in [2.05, 4.69) is 16.4 Å². The molecule has 10 heteroatoms. The van der Waals surface area contributed by atoms with E-state index in [1.807, 2.05) is 0 Å². The first-order valence-corrected chi connectivity index (χ1v) is 8.42. The van der Waals surface area contributed by atoms with E-state index in [1.54, 1.807) is 6.92 Å². The summed E-state index contributed by atoms with van der Waals surface area (Å²) in [6.45, 7) is 1.69. The van der Waals surface area contributed by atoms with Crippen LogP contribution < -0.4 is 16.4 Å². The van der Waals surface area contributed by atoms with Gasteiger partial charge in [-0.1, -0.05) is 0 Å². The molecule has 9 nitrogen and oxygen atoms in total. The maximum Gasteiger partial charge on any atom is 0.362 e. The standard InChI is InChI=1S/C14H21N3O6S/c1-7-6-24-12(17-11(7)14(22)23)9(5-18)16-10(19)4-2-3-8(15)13(20)21/h5,8-9,12,17H,2-4,6,15H2,1H3,(H,16,19)(H,20,21)(H,22,23)/p+1/t8-,9-,12-/m1/s1. The maximum atomic E-state index is 11.9. The fraction of sp³-hybridized carbons (Fsp3) is 0.571. The average Bonchev–Trinajstić information content (AvgIpc) is 2.52. The van der Waals surface area contributed by atoms with E-state index in [9.17, 15) is 19.2 Å². The van der Waals surface area contributed by atoms with E-state index in [0.717, 1.165) is 0 Å². The highest BCUT2D eigenvalue weighted by atomic mass is 32.2. The SMILES string of the molecule is CC1=C(C(=O)O)N[C@@H]([C@@H](C=O)NC(=O)CCC[C@@H]([NH3+])C(=O)O)SC1. The Hall–Kier alpha value is -2.07. The van der Waals surface area contributed by atoms with Gasteiger partial charge in [-0.15, -0.1) is 11.8 Å². The molecule has 0 aromatic carbocycles. The van der Waals surface area contributed by atoms with Crippen molar-refractivity contribution < 1.29 is 35.1 Å². The number of aldehydes is 1. The maximum absolute atomic E-state index is 11.9. The molecule has 0 spiro atoms. The molecule has 0 aromatic heterocycles. The van der Waals surface area contributed by atoms with Gasteiger partial charge in [-0.3, -0.25) is 4.79 Å². The summed E-state index contributed by atoms with van der Waals surface area (Å²) in [5.41, 5.74) is 4.16. The van der Waals surface area contributed by atoms with Gasteiger partial charge in [0.05, 0.1) is 0 Å². The summed E-state index contributed by atoms with van der Waals surface area (Å²) in [5.74, 6) is -2.08. The lowest BCUT2D eigenvalue weighted by Gasteiger charge is -2.30. The number of amides is 1. The molecule has 0 bridgehead atoms. The minimum Gasteiger partial charge on any atom is -0.477 e. The van der Waals surface area contributed by atoms with Gasteiger partial charge in [0.15, 0.2) is 6.04 Å². The Balaban J connectivity index is 2.53. The van der Waals surface area contributed by atoms with Crippen LogP contribution in [-0.2, 0) is 19.2 Å². The second kappa shape index (κ2) is 9.28. The van der Waals surface area contributed by atoms with Gasteiger partial charge in [0.1, 0.15) is 23.4 Å². The first kappa shape index (κ1) is 20.0. The number of carboxylic acids is 2. The van der Waals surface area contributed by atoms with Gasteiger partial charge >= 0.3 is 11.9 Å². The lowest BCUT2D eigenvalue weighted by atomic mass is 10.1. The van der Waals surface area contributed by atoms with Crippen LogP contribution in [-0.4, -0.2) is 57.6 Å². The van der Waals surface area contributed by atoms with E-state index >= 15 is 0 Å². The van der Waals surface area contributed by atoms with Crippen LogP contribution in [0.2, 0.25) is 0 Å². The fourth-order valence-electron chi connectivity index (χ4n) is 2.10. The highest BCUT2D eigenvalue weighted by Gasteiger charge is 2.30. The molecular weight excluding hydrogens is 338 g/mol. The first-order valence-electron chi connectivity index (χ1n) is 7.38. The summed E-state index contributed by atoms with van der Waals surface area (Å²) in [5, 5.41) is 22.6. The van der Waals surface area contributed by atoms with Crippen molar-refractivity contribution in [1.82, 2.24) is 10.6 Å². The van der Waals surface area contributed by atoms with Crippen molar-refractivity contribution in [2.24, 2.45) is 0 Å². The molecule has 0 unspecified atom stereocenters. The van der Waals surface area contributed by atoms with Gasteiger partial charge in [-0.2, -0.15) is 0 Å². The topological polar surface area (TPSA) is 160 Å². The number of nitrogens with one attached hydrogen (secondary N) is 2. The zero-order valence-electron chi connectivity index (χ0n) is 13.3. The predicted molar refractivity (Wildman–Crippen MR) is 85.9 cm³/mol. The molecule has 1 heterocycles. The number of aliphatic carboxylic acids is 2. The van der Waals surface area contributed by atoms with Gasteiger partial charge in [-0.25, -0.2) is 9.59 Å². The monoisotopic (exact) mass is 360 g/mol. The minimum atomic E-state index is -1.11. The fourth-order valence-corrected chi connectivity index (χ4v) is 3.22. The molecule has 0 saturated carbocycles. The smallest absolute Gasteiger partial charge is 0.362 e. The van der Waals surface area contributed by atoms with Crippen LogP contribution in [0.15, 0.2) is 11.3 Å². The molecule has 0 saturated heterocycles. The van der Waals surface area contributed by atoms with Crippen LogP contribution in [0.3, 0.4) is 0 Å². The second-order valence-electron chi connectivity index (χ2n) is 5.49. The molecule has 0 aliphatic carbocycles. The van der Waals surface area contributed by atoms with Gasteiger partial charge in [0, 0.05) is 18.6 Å². The summed E-state index contributed by atoms with van der Waals surface area (Å²) >= 11 is 1.33. The third-order valence-corrected chi connectivity index (χ3v) is 4.88. The van der Waals surface area contributed by atoms with Crippen molar-refractivity contribution in [1.29, 1.82) is 0 Å². The van der Waals surface area contributed by atoms with Gasteiger partial charge in [0.2, 0.25) is 5.91 Å². The molecule has 24 heavy (non-hydrogen) atoms. The number of hydrogen-bond acceptors (Lipinski definition) is 6. The molecule has 0 aromatic rings. The van der Waals surface area contributed by atoms with E-state index in [-0.39, 0.29) is 18.5 Å². The predicted octanol–water partition coefficient (Wildman–Crippen LogP) is -1.44. The average molecular weight is 360 g/mol. The number of carbonyl (C=O) groups excluding carboxylic acids is 2. The Morgan fingerprint density at radius 3 is 2.67 bits per heavy atom. The third kappa shape index (κ3) is 5.85. The number of thioether (sulfide) groups is 1. The quantitative estimate of drug-likeness (QED) is 0.312. The van der Waals surface area contributed by atoms with Crippen molar-refractivity contribution in [3.63, 3.8) is 0 Å². The number of rotatable bonds is 9. The van der Waals surface area contributed by atoms with Gasteiger partial charge < -0.3 is 31.4 Å². The Kier molecular flexibility index (Phi) is 7.72. The van der Waals surface area contributed by atoms with E-state index in [4.69, 9.17) is 10.2 Å². The van der Waals surface area contributed by atoms with Crippen LogP contribution >= 0.6 is 11.8 Å². The largest absolute Gasteiger partial charge is 0.477 e. The molecule has 1 aliphatic rings. The van der Waals surface area contributed by atoms with Crippen molar-refractivity contribution in [2.75, 3.05) is 5.75 Å². The number of carboxylic acid groups (broad SMARTS) is 2. The minimum absolute atomic E-state index is 0.0428. The molecule has 1 aliphatic heterocycles. The Morgan fingerprint density at radius 2 is 2.12 bits per heavy atom. The zero-order chi connectivity index (χ0) is 18.3. The van der Waals surface area contributed by atoms with Crippen molar-refractivity contribution in [3.8, 4) is 0 Å². The summed E-state index contributed by atoms with van der Waals surface area (Å²) in [6, 6.07) is -1.65. The van der Waals surface area contributed by atoms with E-state index in [0.29, 0.717) is 24.0 Å². The molecule has 1 amide bonds. The van der Waals surface area contributed by atoms with Crippen LogP contribution in [0, 0.1) is 0 Å². The van der Waals surface area contributed by atoms with Crippen molar-refractivity contribution in [3.05, 3.63) is 11.3 Å². The number of quaternary nitrogens is 1. The molecule has 134 valence electrons. The first-order chi connectivity index (χ1) is 11.3. The second-order valence-corrected chi connectivity index (χ2v) is 6.62. The Morgan fingerprint density at radius 1 is 1.46 bits per heavy atom. The molecular formula is C14H22N3O6S+. The van der Waals surface area contributed by atoms with Crippen LogP contribution in [0.25, 0.3) is 0 Å². The van der Waals surface area contributed by atoms with Crippen LogP contribution in [0.4, 0.5) is 0 Å². The number of carbonyl (C=O) groups is 4. The van der Waals surface area contributed by atoms with E-state index in [1.165, 1.54) is 11.8 Å². The highest BCUT2D eigenvalue weighted by Crippen LogP contribution is 2.23. The summed E-state index contributed by atoms with van der Waals surface area (Å²) in [6.07, 6.45) is 1.23. The molecule has 0 radical (unpaired) electrons. The lowest BCUT2D eigenvalue weighted by Crippen LogP contribution is -2.64. The van der Waals surface area contributed by atoms with Crippen molar-refractivity contribution in [2.45, 2.75) is 43.6 Å². The highest BCUT2D eigenvalue weighted by molar-refractivity contribution is 8.00. The molecule has 0 fully saturated rings.